The Balaban J connectivity index is 1.25. The Kier molecular flexibility index (Phi) is 5.63. The number of halogens is 3. The van der Waals surface area contributed by atoms with Gasteiger partial charge in [0.25, 0.3) is 0 Å². The molecule has 0 amide bonds. The van der Waals surface area contributed by atoms with Crippen LogP contribution in [0.15, 0.2) is 48.9 Å². The van der Waals surface area contributed by atoms with Crippen molar-refractivity contribution in [1.82, 2.24) is 20.1 Å². The number of hydrogen-bond donors (Lipinski definition) is 2. The minimum atomic E-state index is -4.30. The Hall–Kier alpha value is -3.07. The fraction of sp³-hybridized carbons (Fsp3) is 0.333. The molecule has 6 nitrogen and oxygen atoms in total. The molecular formula is C21H22F3N5O. The maximum atomic E-state index is 12.6. The number of alkyl halides is 3. The Bertz CT molecular complexity index is 1000. The first-order valence-electron chi connectivity index (χ1n) is 9.65. The summed E-state index contributed by atoms with van der Waals surface area (Å²) in [7, 11) is 1.87. The van der Waals surface area contributed by atoms with E-state index >= 15 is 0 Å². The minimum Gasteiger partial charge on any atom is -0.470 e. The van der Waals surface area contributed by atoms with Gasteiger partial charge in [-0.3, -0.25) is 4.68 Å². The highest BCUT2D eigenvalue weighted by Gasteiger charge is 2.29. The predicted molar refractivity (Wildman–Crippen MR) is 107 cm³/mol. The fourth-order valence-electron chi connectivity index (χ4n) is 3.29. The lowest BCUT2D eigenvalue weighted by atomic mass is 10.1. The number of hydrogen-bond acceptors (Lipinski definition) is 5. The standard InChI is InChI=1S/C21H22F3N5O/c1-29-13-16(10-28-29)15-8-19-20(27-9-15)30-18(12-26-19)11-25-7-6-14-2-4-17(5-3-14)21(22,23)24/h2-5,8-10,13,18,25-26H,6-7,11-12H2,1H3. The highest BCUT2D eigenvalue weighted by atomic mass is 19.4. The van der Waals surface area contributed by atoms with Crippen molar-refractivity contribution in [3.05, 3.63) is 60.0 Å². The van der Waals surface area contributed by atoms with Crippen LogP contribution in [-0.2, 0) is 19.6 Å². The van der Waals surface area contributed by atoms with Gasteiger partial charge in [-0.25, -0.2) is 4.98 Å². The van der Waals surface area contributed by atoms with E-state index in [1.54, 1.807) is 17.1 Å². The molecule has 2 N–H and O–H groups in total. The Labute approximate surface area is 172 Å². The zero-order valence-corrected chi connectivity index (χ0v) is 16.4. The van der Waals surface area contributed by atoms with E-state index in [-0.39, 0.29) is 6.10 Å². The molecule has 1 aliphatic rings. The molecule has 0 spiro atoms. The van der Waals surface area contributed by atoms with Crippen molar-refractivity contribution in [1.29, 1.82) is 0 Å². The largest absolute Gasteiger partial charge is 0.470 e. The lowest BCUT2D eigenvalue weighted by Crippen LogP contribution is -2.40. The lowest BCUT2D eigenvalue weighted by molar-refractivity contribution is -0.137. The number of nitrogens with zero attached hydrogens (tertiary/aromatic N) is 3. The van der Waals surface area contributed by atoms with Crippen molar-refractivity contribution in [3.63, 3.8) is 0 Å². The maximum Gasteiger partial charge on any atom is 0.416 e. The molecule has 3 aromatic rings. The molecule has 9 heteroatoms. The first kappa shape index (κ1) is 20.2. The highest BCUT2D eigenvalue weighted by molar-refractivity contribution is 5.69. The van der Waals surface area contributed by atoms with E-state index in [1.165, 1.54) is 12.1 Å². The van der Waals surface area contributed by atoms with Crippen molar-refractivity contribution in [2.24, 2.45) is 7.05 Å². The van der Waals surface area contributed by atoms with Crippen LogP contribution in [0.5, 0.6) is 5.88 Å². The molecule has 4 rings (SSSR count). The van der Waals surface area contributed by atoms with Gasteiger partial charge in [0, 0.05) is 37.1 Å². The van der Waals surface area contributed by atoms with Crippen LogP contribution in [0.4, 0.5) is 18.9 Å². The zero-order valence-electron chi connectivity index (χ0n) is 16.4. The lowest BCUT2D eigenvalue weighted by Gasteiger charge is -2.27. The molecule has 0 saturated heterocycles. The summed E-state index contributed by atoms with van der Waals surface area (Å²) in [6, 6.07) is 7.26. The molecule has 3 heterocycles. The zero-order chi connectivity index (χ0) is 21.1. The molecule has 0 saturated carbocycles. The van der Waals surface area contributed by atoms with Gasteiger partial charge in [-0.15, -0.1) is 0 Å². The van der Waals surface area contributed by atoms with E-state index < -0.39 is 11.7 Å². The first-order chi connectivity index (χ1) is 14.4. The number of rotatable bonds is 6. The number of nitrogens with one attached hydrogen (secondary N) is 2. The van der Waals surface area contributed by atoms with Crippen LogP contribution < -0.4 is 15.4 Å². The van der Waals surface area contributed by atoms with Gasteiger partial charge in [-0.2, -0.15) is 18.3 Å². The number of benzene rings is 1. The average Bonchev–Trinajstić information content (AvgIpc) is 3.17. The minimum absolute atomic E-state index is 0.0816. The quantitative estimate of drug-likeness (QED) is 0.601. The van der Waals surface area contributed by atoms with Crippen molar-refractivity contribution in [2.75, 3.05) is 25.0 Å². The van der Waals surface area contributed by atoms with Crippen molar-refractivity contribution in [3.8, 4) is 17.0 Å². The van der Waals surface area contributed by atoms with Gasteiger partial charge in [-0.05, 0) is 36.7 Å². The van der Waals surface area contributed by atoms with Crippen LogP contribution in [0.3, 0.4) is 0 Å². The Morgan fingerprint density at radius 3 is 2.70 bits per heavy atom. The second kappa shape index (κ2) is 8.35. The Morgan fingerprint density at radius 2 is 2.00 bits per heavy atom. The van der Waals surface area contributed by atoms with E-state index in [2.05, 4.69) is 20.7 Å². The molecule has 0 aliphatic carbocycles. The molecule has 2 aromatic heterocycles. The third kappa shape index (κ3) is 4.73. The van der Waals surface area contributed by atoms with Crippen LogP contribution >= 0.6 is 0 Å². The number of ether oxygens (including phenoxy) is 1. The van der Waals surface area contributed by atoms with Crippen molar-refractivity contribution in [2.45, 2.75) is 18.7 Å². The van der Waals surface area contributed by atoms with Gasteiger partial charge in [0.15, 0.2) is 0 Å². The molecule has 1 unspecified atom stereocenters. The fourth-order valence-corrected chi connectivity index (χ4v) is 3.29. The molecular weight excluding hydrogens is 395 g/mol. The summed E-state index contributed by atoms with van der Waals surface area (Å²) in [5.41, 5.74) is 3.02. The van der Waals surface area contributed by atoms with E-state index in [0.29, 0.717) is 31.9 Å². The molecule has 0 bridgehead atoms. The second-order valence-corrected chi connectivity index (χ2v) is 7.25. The average molecular weight is 417 g/mol. The van der Waals surface area contributed by atoms with Gasteiger partial charge in [0.05, 0.1) is 24.0 Å². The third-order valence-electron chi connectivity index (χ3n) is 4.93. The Morgan fingerprint density at radius 1 is 1.20 bits per heavy atom. The van der Waals surface area contributed by atoms with Crippen LogP contribution in [0.1, 0.15) is 11.1 Å². The van der Waals surface area contributed by atoms with E-state index in [9.17, 15) is 13.2 Å². The smallest absolute Gasteiger partial charge is 0.416 e. The summed E-state index contributed by atoms with van der Waals surface area (Å²) in [5, 5.41) is 10.8. The van der Waals surface area contributed by atoms with E-state index in [4.69, 9.17) is 4.74 Å². The van der Waals surface area contributed by atoms with Crippen molar-refractivity contribution < 1.29 is 17.9 Å². The summed E-state index contributed by atoms with van der Waals surface area (Å²) >= 11 is 0. The second-order valence-electron chi connectivity index (χ2n) is 7.25. The van der Waals surface area contributed by atoms with Crippen molar-refractivity contribution >= 4 is 5.69 Å². The van der Waals surface area contributed by atoms with Crippen LogP contribution in [0, 0.1) is 0 Å². The van der Waals surface area contributed by atoms with Gasteiger partial charge >= 0.3 is 6.18 Å². The summed E-state index contributed by atoms with van der Waals surface area (Å²) in [6.45, 7) is 1.89. The maximum absolute atomic E-state index is 12.6. The predicted octanol–water partition coefficient (Wildman–Crippen LogP) is 3.51. The van der Waals surface area contributed by atoms with E-state index in [0.717, 1.165) is 34.5 Å². The number of fused-ring (bicyclic) bond motifs is 1. The summed E-state index contributed by atoms with van der Waals surface area (Å²) in [5.74, 6) is 0.559. The monoisotopic (exact) mass is 417 g/mol. The molecule has 30 heavy (non-hydrogen) atoms. The summed E-state index contributed by atoms with van der Waals surface area (Å²) < 4.78 is 45.5. The summed E-state index contributed by atoms with van der Waals surface area (Å²) in [6.07, 6.45) is 1.74. The molecule has 0 fully saturated rings. The number of aryl methyl sites for hydroxylation is 1. The van der Waals surface area contributed by atoms with Crippen LogP contribution in [-0.4, -0.2) is 40.5 Å². The first-order valence-corrected chi connectivity index (χ1v) is 9.65. The molecule has 0 radical (unpaired) electrons. The van der Waals surface area contributed by atoms with Gasteiger partial charge in [0.2, 0.25) is 5.88 Å². The number of anilines is 1. The number of pyridine rings is 1. The topological polar surface area (TPSA) is 64.0 Å². The molecule has 1 aromatic carbocycles. The third-order valence-corrected chi connectivity index (χ3v) is 4.93. The molecule has 1 atom stereocenters. The van der Waals surface area contributed by atoms with Gasteiger partial charge in [0.1, 0.15) is 6.10 Å². The van der Waals surface area contributed by atoms with Crippen LogP contribution in [0.2, 0.25) is 0 Å². The van der Waals surface area contributed by atoms with Gasteiger partial charge in [-0.1, -0.05) is 12.1 Å². The van der Waals surface area contributed by atoms with E-state index in [1.807, 2.05) is 19.3 Å². The van der Waals surface area contributed by atoms with Crippen LogP contribution in [0.25, 0.3) is 11.1 Å². The normalized spacial score (nSPS) is 15.9. The SMILES string of the molecule is Cn1cc(-c2cnc3c(c2)NCC(CNCCc2ccc(C(F)(F)F)cc2)O3)cn1. The van der Waals surface area contributed by atoms with Gasteiger partial charge < -0.3 is 15.4 Å². The summed E-state index contributed by atoms with van der Waals surface area (Å²) in [4.78, 5) is 4.42. The number of aromatic nitrogens is 3. The molecule has 158 valence electrons. The molecule has 1 aliphatic heterocycles. The highest BCUT2D eigenvalue weighted by Crippen LogP contribution is 2.31.